The van der Waals surface area contributed by atoms with Crippen LogP contribution in [0.5, 0.6) is 0 Å². The molecule has 0 radical (unpaired) electrons. The number of halogens is 1. The Hall–Kier alpha value is -1.98. The summed E-state index contributed by atoms with van der Waals surface area (Å²) in [6, 6.07) is 10.9. The van der Waals surface area contributed by atoms with Crippen molar-refractivity contribution in [3.8, 4) is 0 Å². The molecule has 0 aliphatic heterocycles. The second kappa shape index (κ2) is 7.28. The molecule has 128 valence electrons. The minimum absolute atomic E-state index is 0.130. The summed E-state index contributed by atoms with van der Waals surface area (Å²) in [6.45, 7) is 1.85. The largest absolute Gasteiger partial charge is 0.467 e. The SMILES string of the molecule is CC(CC(O)c1ccco1)NC(=O)NC1CC1c1cccc(Cl)c1. The van der Waals surface area contributed by atoms with E-state index in [0.29, 0.717) is 23.1 Å². The van der Waals surface area contributed by atoms with Crippen LogP contribution in [0.25, 0.3) is 0 Å². The van der Waals surface area contributed by atoms with Crippen LogP contribution in [-0.2, 0) is 0 Å². The average molecular weight is 349 g/mol. The van der Waals surface area contributed by atoms with Crippen LogP contribution in [0.15, 0.2) is 47.1 Å². The molecule has 3 rings (SSSR count). The number of hydrogen-bond acceptors (Lipinski definition) is 3. The van der Waals surface area contributed by atoms with Gasteiger partial charge in [0.1, 0.15) is 11.9 Å². The molecule has 1 aliphatic carbocycles. The van der Waals surface area contributed by atoms with Crippen LogP contribution in [0.3, 0.4) is 0 Å². The number of hydrogen-bond donors (Lipinski definition) is 3. The fraction of sp³-hybridized carbons (Fsp3) is 0.389. The topological polar surface area (TPSA) is 74.5 Å². The molecule has 0 spiro atoms. The molecule has 1 saturated carbocycles. The maximum Gasteiger partial charge on any atom is 0.315 e. The summed E-state index contributed by atoms with van der Waals surface area (Å²) in [5.74, 6) is 0.825. The van der Waals surface area contributed by atoms with Crippen molar-refractivity contribution in [2.75, 3.05) is 0 Å². The zero-order valence-corrected chi connectivity index (χ0v) is 14.2. The van der Waals surface area contributed by atoms with Gasteiger partial charge in [-0.3, -0.25) is 0 Å². The van der Waals surface area contributed by atoms with Gasteiger partial charge in [0.05, 0.1) is 6.26 Å². The van der Waals surface area contributed by atoms with Gasteiger partial charge >= 0.3 is 6.03 Å². The lowest BCUT2D eigenvalue weighted by atomic mass is 10.1. The number of urea groups is 1. The quantitative estimate of drug-likeness (QED) is 0.746. The Kier molecular flexibility index (Phi) is 5.11. The highest BCUT2D eigenvalue weighted by Crippen LogP contribution is 2.41. The van der Waals surface area contributed by atoms with Crippen molar-refractivity contribution in [2.45, 2.75) is 43.9 Å². The second-order valence-corrected chi connectivity index (χ2v) is 6.73. The zero-order chi connectivity index (χ0) is 17.1. The van der Waals surface area contributed by atoms with Gasteiger partial charge in [-0.1, -0.05) is 23.7 Å². The van der Waals surface area contributed by atoms with Gasteiger partial charge in [-0.05, 0) is 43.2 Å². The third-order valence-corrected chi connectivity index (χ3v) is 4.44. The molecule has 5 nitrogen and oxygen atoms in total. The van der Waals surface area contributed by atoms with Crippen LogP contribution in [0, 0.1) is 0 Å². The number of amides is 2. The van der Waals surface area contributed by atoms with Gasteiger partial charge in [-0.2, -0.15) is 0 Å². The van der Waals surface area contributed by atoms with Gasteiger partial charge in [-0.25, -0.2) is 4.79 Å². The van der Waals surface area contributed by atoms with Crippen molar-refractivity contribution in [2.24, 2.45) is 0 Å². The van der Waals surface area contributed by atoms with E-state index in [1.807, 2.05) is 31.2 Å². The van der Waals surface area contributed by atoms with Gasteiger partial charge in [-0.15, -0.1) is 0 Å². The molecule has 1 aliphatic rings. The minimum Gasteiger partial charge on any atom is -0.467 e. The van der Waals surface area contributed by atoms with Gasteiger partial charge < -0.3 is 20.2 Å². The maximum absolute atomic E-state index is 12.1. The van der Waals surface area contributed by atoms with Crippen LogP contribution in [0.1, 0.15) is 43.1 Å². The van der Waals surface area contributed by atoms with E-state index in [4.69, 9.17) is 16.0 Å². The third-order valence-electron chi connectivity index (χ3n) is 4.21. The van der Waals surface area contributed by atoms with Gasteiger partial charge in [0.25, 0.3) is 0 Å². The Bertz CT molecular complexity index is 689. The summed E-state index contributed by atoms with van der Waals surface area (Å²) in [5.41, 5.74) is 1.15. The van der Waals surface area contributed by atoms with E-state index in [2.05, 4.69) is 10.6 Å². The van der Waals surface area contributed by atoms with E-state index in [-0.39, 0.29) is 18.1 Å². The molecule has 1 aromatic carbocycles. The summed E-state index contributed by atoms with van der Waals surface area (Å²) in [7, 11) is 0. The molecule has 1 heterocycles. The summed E-state index contributed by atoms with van der Waals surface area (Å²) < 4.78 is 5.16. The monoisotopic (exact) mass is 348 g/mol. The lowest BCUT2D eigenvalue weighted by Crippen LogP contribution is -2.42. The first-order chi connectivity index (χ1) is 11.5. The molecule has 1 fully saturated rings. The molecular weight excluding hydrogens is 328 g/mol. The van der Waals surface area contributed by atoms with Gasteiger partial charge in [0.2, 0.25) is 0 Å². The zero-order valence-electron chi connectivity index (χ0n) is 13.4. The Morgan fingerprint density at radius 1 is 1.42 bits per heavy atom. The molecule has 1 aromatic heterocycles. The van der Waals surface area contributed by atoms with Gasteiger partial charge in [0.15, 0.2) is 0 Å². The first kappa shape index (κ1) is 16.9. The van der Waals surface area contributed by atoms with Crippen LogP contribution >= 0.6 is 11.6 Å². The van der Waals surface area contributed by atoms with Crippen molar-refractivity contribution in [3.63, 3.8) is 0 Å². The molecule has 6 heteroatoms. The number of rotatable bonds is 6. The van der Waals surface area contributed by atoms with Crippen LogP contribution < -0.4 is 10.6 Å². The predicted molar refractivity (Wildman–Crippen MR) is 92.0 cm³/mol. The summed E-state index contributed by atoms with van der Waals surface area (Å²) in [5, 5.41) is 16.5. The first-order valence-electron chi connectivity index (χ1n) is 8.07. The van der Waals surface area contributed by atoms with E-state index in [1.54, 1.807) is 12.1 Å². The number of aliphatic hydroxyl groups is 1. The van der Waals surface area contributed by atoms with Crippen molar-refractivity contribution in [1.82, 2.24) is 10.6 Å². The van der Waals surface area contributed by atoms with E-state index in [1.165, 1.54) is 6.26 Å². The molecule has 0 saturated heterocycles. The van der Waals surface area contributed by atoms with Gasteiger partial charge in [0, 0.05) is 29.4 Å². The predicted octanol–water partition coefficient (Wildman–Crippen LogP) is 3.60. The van der Waals surface area contributed by atoms with E-state index >= 15 is 0 Å². The van der Waals surface area contributed by atoms with E-state index < -0.39 is 6.10 Å². The first-order valence-corrected chi connectivity index (χ1v) is 8.44. The normalized spacial score (nSPS) is 21.8. The molecule has 24 heavy (non-hydrogen) atoms. The highest BCUT2D eigenvalue weighted by Gasteiger charge is 2.39. The van der Waals surface area contributed by atoms with Crippen LogP contribution in [-0.4, -0.2) is 23.2 Å². The summed E-state index contributed by atoms with van der Waals surface area (Å²) in [4.78, 5) is 12.1. The number of furan rings is 1. The van der Waals surface area contributed by atoms with Crippen LogP contribution in [0.4, 0.5) is 4.79 Å². The second-order valence-electron chi connectivity index (χ2n) is 6.29. The Morgan fingerprint density at radius 3 is 2.96 bits per heavy atom. The fourth-order valence-electron chi connectivity index (χ4n) is 2.88. The Labute approximate surface area is 146 Å². The van der Waals surface area contributed by atoms with Crippen molar-refractivity contribution in [1.29, 1.82) is 0 Å². The van der Waals surface area contributed by atoms with Crippen molar-refractivity contribution in [3.05, 3.63) is 59.0 Å². The molecule has 2 amide bonds. The third kappa shape index (κ3) is 4.30. The average Bonchev–Trinajstić information content (AvgIpc) is 3.07. The number of carbonyl (C=O) groups excluding carboxylic acids is 1. The summed E-state index contributed by atoms with van der Waals surface area (Å²) in [6.07, 6.45) is 2.10. The minimum atomic E-state index is -0.726. The molecule has 4 unspecified atom stereocenters. The number of benzene rings is 1. The van der Waals surface area contributed by atoms with Crippen molar-refractivity contribution >= 4 is 17.6 Å². The van der Waals surface area contributed by atoms with Crippen LogP contribution in [0.2, 0.25) is 5.02 Å². The number of aliphatic hydroxyl groups excluding tert-OH is 1. The van der Waals surface area contributed by atoms with E-state index in [9.17, 15) is 9.90 Å². The summed E-state index contributed by atoms with van der Waals surface area (Å²) >= 11 is 6.00. The number of carbonyl (C=O) groups is 1. The van der Waals surface area contributed by atoms with E-state index in [0.717, 1.165) is 12.0 Å². The fourth-order valence-corrected chi connectivity index (χ4v) is 3.08. The Morgan fingerprint density at radius 2 is 2.25 bits per heavy atom. The molecular formula is C18H21ClN2O3. The Balaban J connectivity index is 1.43. The maximum atomic E-state index is 12.1. The number of nitrogens with one attached hydrogen (secondary N) is 2. The lowest BCUT2D eigenvalue weighted by molar-refractivity contribution is 0.129. The highest BCUT2D eigenvalue weighted by molar-refractivity contribution is 6.30. The highest BCUT2D eigenvalue weighted by atomic mass is 35.5. The smallest absolute Gasteiger partial charge is 0.315 e. The lowest BCUT2D eigenvalue weighted by Gasteiger charge is -2.17. The standard InChI is InChI=1S/C18H21ClN2O3/c1-11(8-16(22)17-6-3-7-24-17)20-18(23)21-15-10-14(15)12-4-2-5-13(19)9-12/h2-7,9,11,14-16,22H,8,10H2,1H3,(H2,20,21,23). The molecule has 3 N–H and O–H groups in total. The molecule has 4 atom stereocenters. The van der Waals surface area contributed by atoms with Crippen molar-refractivity contribution < 1.29 is 14.3 Å². The molecule has 0 bridgehead atoms. The molecule has 2 aromatic rings.